The first-order valence-corrected chi connectivity index (χ1v) is 7.62. The number of hydrogen-bond donors (Lipinski definition) is 0. The maximum absolute atomic E-state index is 12.5. The van der Waals surface area contributed by atoms with Gasteiger partial charge in [0, 0.05) is 25.7 Å². The molecule has 0 aliphatic carbocycles. The first-order valence-electron chi connectivity index (χ1n) is 7.08. The highest BCUT2D eigenvalue weighted by molar-refractivity contribution is 6.16. The first kappa shape index (κ1) is 13.8. The fourth-order valence-electron chi connectivity index (χ4n) is 3.17. The predicted molar refractivity (Wildman–Crippen MR) is 75.8 cm³/mol. The Balaban J connectivity index is 1.73. The fraction of sp³-hybridized carbons (Fsp3) is 0.769. The molecule has 1 spiro atoms. The molecule has 1 atom stereocenters. The summed E-state index contributed by atoms with van der Waals surface area (Å²) in [5, 5.41) is 4.11. The number of carbonyl (C=O) groups excluding carboxylic acids is 1. The molecule has 1 aromatic rings. The molecule has 2 saturated heterocycles. The van der Waals surface area contributed by atoms with E-state index in [4.69, 9.17) is 11.6 Å². The van der Waals surface area contributed by atoms with Crippen molar-refractivity contribution >= 4 is 17.6 Å². The number of alkyl halides is 1. The van der Waals surface area contributed by atoms with Gasteiger partial charge in [0.05, 0.1) is 11.4 Å². The van der Waals surface area contributed by atoms with Gasteiger partial charge in [-0.05, 0) is 26.7 Å². The van der Waals surface area contributed by atoms with Gasteiger partial charge in [0.2, 0.25) is 0 Å². The fourth-order valence-corrected chi connectivity index (χ4v) is 3.29. The maximum Gasteiger partial charge on any atom is 0.346 e. The Labute approximate surface area is 123 Å². The van der Waals surface area contributed by atoms with E-state index >= 15 is 0 Å². The summed E-state index contributed by atoms with van der Waals surface area (Å²) in [5.41, 5.74) is 0.00836. The van der Waals surface area contributed by atoms with Crippen LogP contribution in [0, 0.1) is 0 Å². The van der Waals surface area contributed by atoms with Gasteiger partial charge in [-0.2, -0.15) is 4.68 Å². The van der Waals surface area contributed by atoms with Crippen molar-refractivity contribution in [3.05, 3.63) is 12.2 Å². The van der Waals surface area contributed by atoms with Gasteiger partial charge < -0.3 is 4.90 Å². The van der Waals surface area contributed by atoms with Crippen LogP contribution in [0.15, 0.2) is 6.33 Å². The topological polar surface area (TPSA) is 54.3 Å². The zero-order valence-corrected chi connectivity index (χ0v) is 12.7. The van der Waals surface area contributed by atoms with Crippen molar-refractivity contribution < 1.29 is 4.79 Å². The summed E-state index contributed by atoms with van der Waals surface area (Å²) in [6, 6.07) is 0.451. The van der Waals surface area contributed by atoms with E-state index in [9.17, 15) is 4.79 Å². The van der Waals surface area contributed by atoms with E-state index in [1.807, 2.05) is 4.90 Å². The number of hydrogen-bond acceptors (Lipinski definition) is 4. The van der Waals surface area contributed by atoms with Crippen LogP contribution in [-0.4, -0.2) is 61.8 Å². The van der Waals surface area contributed by atoms with Gasteiger partial charge in [0.15, 0.2) is 5.82 Å². The van der Waals surface area contributed by atoms with E-state index in [-0.39, 0.29) is 17.5 Å². The van der Waals surface area contributed by atoms with Crippen molar-refractivity contribution in [3.8, 4) is 0 Å². The quantitative estimate of drug-likeness (QED) is 0.777. The number of amides is 1. The molecule has 7 heteroatoms. The van der Waals surface area contributed by atoms with Gasteiger partial charge in [0.1, 0.15) is 6.33 Å². The Morgan fingerprint density at radius 3 is 2.70 bits per heavy atom. The number of likely N-dealkylation sites (tertiary alicyclic amines) is 2. The molecule has 1 amide bonds. The van der Waals surface area contributed by atoms with Crippen molar-refractivity contribution in [3.63, 3.8) is 0 Å². The lowest BCUT2D eigenvalue weighted by atomic mass is 9.84. The average molecular weight is 298 g/mol. The first-order chi connectivity index (χ1) is 9.55. The predicted octanol–water partition coefficient (Wildman–Crippen LogP) is 1.54. The van der Waals surface area contributed by atoms with E-state index < -0.39 is 0 Å². The van der Waals surface area contributed by atoms with Crippen molar-refractivity contribution in [2.45, 2.75) is 44.1 Å². The van der Waals surface area contributed by atoms with Crippen LogP contribution in [0.1, 0.15) is 32.5 Å². The normalized spacial score (nSPS) is 26.5. The van der Waals surface area contributed by atoms with Crippen LogP contribution in [-0.2, 0) is 5.88 Å². The number of halogens is 1. The smallest absolute Gasteiger partial charge is 0.316 e. The molecule has 0 aromatic carbocycles. The number of rotatable bonds is 2. The minimum atomic E-state index is -0.0780. The minimum absolute atomic E-state index is 0.00836. The molecule has 0 unspecified atom stereocenters. The minimum Gasteiger partial charge on any atom is -0.316 e. The van der Waals surface area contributed by atoms with Crippen LogP contribution >= 0.6 is 11.6 Å². The van der Waals surface area contributed by atoms with Gasteiger partial charge in [-0.1, -0.05) is 0 Å². The summed E-state index contributed by atoms with van der Waals surface area (Å²) in [5.74, 6) is 0.719. The average Bonchev–Trinajstić information content (AvgIpc) is 3.05. The summed E-state index contributed by atoms with van der Waals surface area (Å²) in [7, 11) is 0. The zero-order chi connectivity index (χ0) is 14.3. The number of aromatic nitrogens is 3. The molecule has 0 N–H and O–H groups in total. The van der Waals surface area contributed by atoms with Crippen LogP contribution in [0.5, 0.6) is 0 Å². The van der Waals surface area contributed by atoms with Crippen molar-refractivity contribution in [1.82, 2.24) is 24.6 Å². The maximum atomic E-state index is 12.5. The van der Waals surface area contributed by atoms with Crippen LogP contribution in [0.4, 0.5) is 4.79 Å². The van der Waals surface area contributed by atoms with Crippen molar-refractivity contribution in [2.75, 3.05) is 19.6 Å². The van der Waals surface area contributed by atoms with Crippen LogP contribution < -0.4 is 0 Å². The third kappa shape index (κ3) is 2.11. The Morgan fingerprint density at radius 2 is 2.20 bits per heavy atom. The van der Waals surface area contributed by atoms with Gasteiger partial charge in [-0.25, -0.2) is 9.78 Å². The lowest BCUT2D eigenvalue weighted by Gasteiger charge is -2.50. The summed E-state index contributed by atoms with van der Waals surface area (Å²) >= 11 is 5.68. The summed E-state index contributed by atoms with van der Waals surface area (Å²) in [4.78, 5) is 20.9. The highest BCUT2D eigenvalue weighted by Crippen LogP contribution is 2.40. The lowest BCUT2D eigenvalue weighted by molar-refractivity contribution is 0.0275. The molecule has 1 aromatic heterocycles. The van der Waals surface area contributed by atoms with Crippen LogP contribution in [0.2, 0.25) is 0 Å². The third-order valence-electron chi connectivity index (χ3n) is 4.55. The van der Waals surface area contributed by atoms with Gasteiger partial charge in [0.25, 0.3) is 0 Å². The molecule has 2 fully saturated rings. The highest BCUT2D eigenvalue weighted by atomic mass is 35.5. The van der Waals surface area contributed by atoms with Gasteiger partial charge >= 0.3 is 6.03 Å². The Morgan fingerprint density at radius 1 is 1.45 bits per heavy atom. The Bertz CT molecular complexity index is 517. The molecule has 20 heavy (non-hydrogen) atoms. The van der Waals surface area contributed by atoms with E-state index in [1.54, 1.807) is 0 Å². The monoisotopic (exact) mass is 297 g/mol. The molecule has 6 nitrogen and oxygen atoms in total. The molecule has 2 aliphatic heterocycles. The summed E-state index contributed by atoms with van der Waals surface area (Å²) in [6.07, 6.45) is 3.59. The summed E-state index contributed by atoms with van der Waals surface area (Å²) in [6.45, 7) is 7.24. The van der Waals surface area contributed by atoms with E-state index in [0.717, 1.165) is 32.5 Å². The second-order valence-corrected chi connectivity index (χ2v) is 6.23. The Kier molecular flexibility index (Phi) is 3.46. The van der Waals surface area contributed by atoms with Crippen LogP contribution in [0.3, 0.4) is 0 Å². The second-order valence-electron chi connectivity index (χ2n) is 5.96. The molecule has 0 bridgehead atoms. The molecule has 110 valence electrons. The van der Waals surface area contributed by atoms with Crippen molar-refractivity contribution in [1.29, 1.82) is 0 Å². The van der Waals surface area contributed by atoms with Gasteiger partial charge in [-0.3, -0.25) is 4.90 Å². The molecular formula is C13H20ClN5O. The highest BCUT2D eigenvalue weighted by Gasteiger charge is 2.52. The molecule has 0 saturated carbocycles. The summed E-state index contributed by atoms with van der Waals surface area (Å²) < 4.78 is 1.32. The Hall–Kier alpha value is -1.14. The zero-order valence-electron chi connectivity index (χ0n) is 11.9. The molecule has 3 rings (SSSR count). The van der Waals surface area contributed by atoms with Crippen LogP contribution in [0.25, 0.3) is 0 Å². The third-order valence-corrected chi connectivity index (χ3v) is 4.79. The van der Waals surface area contributed by atoms with E-state index in [1.165, 1.54) is 11.0 Å². The largest absolute Gasteiger partial charge is 0.346 e. The van der Waals surface area contributed by atoms with Gasteiger partial charge in [-0.15, -0.1) is 16.7 Å². The molecule has 2 aliphatic rings. The molecular weight excluding hydrogens is 278 g/mol. The SMILES string of the molecule is CC(C)N1CC[C@@]2(CCN2C(=O)n2cnc(CCl)n2)C1. The number of nitrogens with zero attached hydrogens (tertiary/aromatic N) is 5. The van der Waals surface area contributed by atoms with E-state index in [0.29, 0.717) is 11.9 Å². The van der Waals surface area contributed by atoms with E-state index in [2.05, 4.69) is 28.8 Å². The molecule has 3 heterocycles. The lowest BCUT2D eigenvalue weighted by Crippen LogP contribution is -2.64. The number of carbonyl (C=O) groups is 1. The molecule has 0 radical (unpaired) electrons. The second kappa shape index (κ2) is 5.00. The standard InChI is InChI=1S/C13H20ClN5O/c1-10(2)17-5-3-13(8-17)4-6-18(13)12(20)19-9-15-11(7-14)16-19/h9-10H,3-8H2,1-2H3/t13-/m1/s1. The van der Waals surface area contributed by atoms with Crippen molar-refractivity contribution in [2.24, 2.45) is 0 Å².